The van der Waals surface area contributed by atoms with Gasteiger partial charge in [0.25, 0.3) is 0 Å². The summed E-state index contributed by atoms with van der Waals surface area (Å²) in [5, 5.41) is 11.0. The van der Waals surface area contributed by atoms with Crippen molar-refractivity contribution in [2.75, 3.05) is 30.6 Å². The maximum absolute atomic E-state index is 11.0. The molecule has 19 heavy (non-hydrogen) atoms. The molecule has 0 bridgehead atoms. The lowest BCUT2D eigenvalue weighted by atomic mass is 10.3. The quantitative estimate of drug-likeness (QED) is 0.418. The first-order chi connectivity index (χ1) is 9.01. The summed E-state index contributed by atoms with van der Waals surface area (Å²) < 4.78 is 5.01. The summed E-state index contributed by atoms with van der Waals surface area (Å²) >= 11 is 0. The first-order valence-electron chi connectivity index (χ1n) is 5.74. The van der Waals surface area contributed by atoms with E-state index in [9.17, 15) is 10.1 Å². The average molecular weight is 270 g/mol. The van der Waals surface area contributed by atoms with E-state index in [2.05, 4.69) is 15.4 Å². The van der Waals surface area contributed by atoms with Crippen LogP contribution in [0.4, 0.5) is 17.5 Å². The first kappa shape index (κ1) is 15.1. The van der Waals surface area contributed by atoms with Gasteiger partial charge in [-0.25, -0.2) is 10.8 Å². The fourth-order valence-electron chi connectivity index (χ4n) is 1.57. The molecule has 0 aliphatic rings. The molecule has 0 aromatic carbocycles. The second-order valence-corrected chi connectivity index (χ2v) is 4.08. The van der Waals surface area contributed by atoms with Crippen LogP contribution in [0.3, 0.4) is 0 Å². The predicted molar refractivity (Wildman–Crippen MR) is 70.9 cm³/mol. The van der Waals surface area contributed by atoms with Gasteiger partial charge in [0, 0.05) is 19.7 Å². The van der Waals surface area contributed by atoms with Crippen LogP contribution in [0, 0.1) is 10.1 Å². The minimum Gasteiger partial charge on any atom is -0.383 e. The van der Waals surface area contributed by atoms with Gasteiger partial charge in [0.1, 0.15) is 6.20 Å². The number of anilines is 2. The molecule has 0 fully saturated rings. The zero-order chi connectivity index (χ0) is 14.4. The lowest BCUT2D eigenvalue weighted by molar-refractivity contribution is -0.384. The third-order valence-electron chi connectivity index (χ3n) is 2.51. The Morgan fingerprint density at radius 2 is 2.32 bits per heavy atom. The Labute approximate surface area is 110 Å². The third kappa shape index (κ3) is 3.73. The Kier molecular flexibility index (Phi) is 5.39. The van der Waals surface area contributed by atoms with Crippen LogP contribution < -0.4 is 16.2 Å². The molecule has 0 saturated carbocycles. The van der Waals surface area contributed by atoms with Gasteiger partial charge in [-0.1, -0.05) is 0 Å². The second kappa shape index (κ2) is 6.81. The summed E-state index contributed by atoms with van der Waals surface area (Å²) in [5.41, 5.74) is 2.12. The zero-order valence-corrected chi connectivity index (χ0v) is 11.2. The molecule has 1 rings (SSSR count). The lowest BCUT2D eigenvalue weighted by Crippen LogP contribution is -2.35. The lowest BCUT2D eigenvalue weighted by Gasteiger charge is -2.27. The SMILES string of the molecule is COCCN(c1nc(NN)ncc1[N+](=O)[O-])C(C)C. The molecule has 0 aliphatic carbocycles. The van der Waals surface area contributed by atoms with Gasteiger partial charge in [-0.2, -0.15) is 4.98 Å². The minimum absolute atomic E-state index is 0.0226. The molecule has 0 saturated heterocycles. The molecule has 1 heterocycles. The number of nitrogens with zero attached hydrogens (tertiary/aromatic N) is 4. The van der Waals surface area contributed by atoms with E-state index in [1.165, 1.54) is 0 Å². The first-order valence-corrected chi connectivity index (χ1v) is 5.74. The van der Waals surface area contributed by atoms with Crippen LogP contribution in [0.1, 0.15) is 13.8 Å². The van der Waals surface area contributed by atoms with Crippen molar-refractivity contribution >= 4 is 17.5 Å². The van der Waals surface area contributed by atoms with Gasteiger partial charge in [-0.3, -0.25) is 15.5 Å². The number of aromatic nitrogens is 2. The van der Waals surface area contributed by atoms with Crippen molar-refractivity contribution in [2.45, 2.75) is 19.9 Å². The van der Waals surface area contributed by atoms with Crippen LogP contribution in [0.25, 0.3) is 0 Å². The summed E-state index contributed by atoms with van der Waals surface area (Å²) in [6.07, 6.45) is 1.14. The normalized spacial score (nSPS) is 10.6. The topological polar surface area (TPSA) is 119 Å². The van der Waals surface area contributed by atoms with Crippen LogP contribution in [0.2, 0.25) is 0 Å². The zero-order valence-electron chi connectivity index (χ0n) is 11.2. The van der Waals surface area contributed by atoms with Crippen molar-refractivity contribution in [3.8, 4) is 0 Å². The largest absolute Gasteiger partial charge is 0.383 e. The van der Waals surface area contributed by atoms with Crippen LogP contribution in [0.5, 0.6) is 0 Å². The Morgan fingerprint density at radius 3 is 2.79 bits per heavy atom. The average Bonchev–Trinajstić information content (AvgIpc) is 2.38. The number of hydrogen-bond acceptors (Lipinski definition) is 8. The monoisotopic (exact) mass is 270 g/mol. The van der Waals surface area contributed by atoms with Gasteiger partial charge in [-0.15, -0.1) is 0 Å². The summed E-state index contributed by atoms with van der Waals surface area (Å²) in [6.45, 7) is 4.74. The van der Waals surface area contributed by atoms with E-state index in [1.54, 1.807) is 12.0 Å². The smallest absolute Gasteiger partial charge is 0.329 e. The van der Waals surface area contributed by atoms with Crippen molar-refractivity contribution in [1.29, 1.82) is 0 Å². The highest BCUT2D eigenvalue weighted by molar-refractivity contribution is 5.59. The van der Waals surface area contributed by atoms with E-state index >= 15 is 0 Å². The van der Waals surface area contributed by atoms with Gasteiger partial charge in [0.05, 0.1) is 11.5 Å². The molecule has 106 valence electrons. The van der Waals surface area contributed by atoms with Gasteiger partial charge < -0.3 is 9.64 Å². The van der Waals surface area contributed by atoms with Crippen molar-refractivity contribution in [3.05, 3.63) is 16.3 Å². The second-order valence-electron chi connectivity index (χ2n) is 4.08. The van der Waals surface area contributed by atoms with E-state index in [1.807, 2.05) is 13.8 Å². The highest BCUT2D eigenvalue weighted by Gasteiger charge is 2.24. The number of ether oxygens (including phenoxy) is 1. The molecule has 0 amide bonds. The Hall–Kier alpha value is -2.00. The number of nitrogens with one attached hydrogen (secondary N) is 1. The van der Waals surface area contributed by atoms with Gasteiger partial charge in [0.15, 0.2) is 0 Å². The van der Waals surface area contributed by atoms with Crippen molar-refractivity contribution in [1.82, 2.24) is 9.97 Å². The molecule has 3 N–H and O–H groups in total. The maximum atomic E-state index is 11.0. The van der Waals surface area contributed by atoms with Gasteiger partial charge in [0.2, 0.25) is 11.8 Å². The summed E-state index contributed by atoms with van der Waals surface area (Å²) in [7, 11) is 1.57. The van der Waals surface area contributed by atoms with Crippen LogP contribution in [-0.2, 0) is 4.74 Å². The number of hydrogen-bond donors (Lipinski definition) is 2. The number of nitrogens with two attached hydrogens (primary N) is 1. The minimum atomic E-state index is -0.516. The maximum Gasteiger partial charge on any atom is 0.329 e. The van der Waals surface area contributed by atoms with Crippen molar-refractivity contribution < 1.29 is 9.66 Å². The Morgan fingerprint density at radius 1 is 1.63 bits per heavy atom. The molecular formula is C10H18N6O3. The number of rotatable bonds is 7. The molecule has 0 atom stereocenters. The molecule has 0 radical (unpaired) electrons. The molecule has 1 aromatic heterocycles. The van der Waals surface area contributed by atoms with E-state index in [0.717, 1.165) is 6.20 Å². The Balaban J connectivity index is 3.20. The van der Waals surface area contributed by atoms with Crippen molar-refractivity contribution in [2.24, 2.45) is 5.84 Å². The highest BCUT2D eigenvalue weighted by atomic mass is 16.6. The highest BCUT2D eigenvalue weighted by Crippen LogP contribution is 2.27. The summed E-state index contributed by atoms with van der Waals surface area (Å²) in [4.78, 5) is 20.1. The van der Waals surface area contributed by atoms with Crippen LogP contribution in [0.15, 0.2) is 6.20 Å². The molecule has 0 spiro atoms. The molecular weight excluding hydrogens is 252 g/mol. The molecule has 0 unspecified atom stereocenters. The fraction of sp³-hybridized carbons (Fsp3) is 0.600. The standard InChI is InChI=1S/C10H18N6O3/c1-7(2)15(4-5-19-3)9-8(16(17)18)6-12-10(13-9)14-11/h6-7H,4-5,11H2,1-3H3,(H,12,13,14). The number of nitrogen functional groups attached to an aromatic ring is 1. The van der Waals surface area contributed by atoms with Crippen molar-refractivity contribution in [3.63, 3.8) is 0 Å². The van der Waals surface area contributed by atoms with E-state index in [0.29, 0.717) is 13.2 Å². The number of hydrazine groups is 1. The van der Waals surface area contributed by atoms with Gasteiger partial charge in [-0.05, 0) is 13.8 Å². The van der Waals surface area contributed by atoms with Crippen LogP contribution in [-0.4, -0.2) is 41.2 Å². The number of nitro groups is 1. The molecule has 9 nitrogen and oxygen atoms in total. The van der Waals surface area contributed by atoms with E-state index in [-0.39, 0.29) is 23.5 Å². The molecule has 9 heteroatoms. The predicted octanol–water partition coefficient (Wildman–Crippen LogP) is 0.532. The molecule has 0 aliphatic heterocycles. The van der Waals surface area contributed by atoms with E-state index in [4.69, 9.17) is 10.6 Å². The Bertz CT molecular complexity index is 439. The number of methoxy groups -OCH3 is 1. The van der Waals surface area contributed by atoms with E-state index < -0.39 is 4.92 Å². The van der Waals surface area contributed by atoms with Crippen LogP contribution >= 0.6 is 0 Å². The fourth-order valence-corrected chi connectivity index (χ4v) is 1.57. The third-order valence-corrected chi connectivity index (χ3v) is 2.51. The summed E-state index contributed by atoms with van der Waals surface area (Å²) in [6, 6.07) is 0.0226. The summed E-state index contributed by atoms with van der Waals surface area (Å²) in [5.74, 6) is 5.58. The molecule has 1 aromatic rings. The van der Waals surface area contributed by atoms with Gasteiger partial charge >= 0.3 is 5.69 Å².